The third kappa shape index (κ3) is 6.10. The number of aromatic nitrogens is 3. The Kier molecular flexibility index (Phi) is 8.61. The summed E-state index contributed by atoms with van der Waals surface area (Å²) in [6.45, 7) is 7.18. The second-order valence-corrected chi connectivity index (χ2v) is 13.2. The van der Waals surface area contributed by atoms with E-state index in [0.717, 1.165) is 48.8 Å². The van der Waals surface area contributed by atoms with Crippen LogP contribution in [-0.2, 0) is 9.53 Å². The van der Waals surface area contributed by atoms with E-state index >= 15 is 0 Å². The maximum atomic E-state index is 13.7. The van der Waals surface area contributed by atoms with Crippen LogP contribution < -0.4 is 5.32 Å². The number of alkyl halides is 2. The largest absolute Gasteiger partial charge is 0.465 e. The quantitative estimate of drug-likeness (QED) is 0.379. The molecule has 3 fully saturated rings. The molecule has 1 unspecified atom stereocenters. The number of esters is 1. The number of piperidine rings is 1. The average molecular weight is 578 g/mol. The molecule has 5 rings (SSSR count). The molecule has 8 nitrogen and oxygen atoms in total. The van der Waals surface area contributed by atoms with Crippen molar-refractivity contribution in [3.05, 3.63) is 33.5 Å². The van der Waals surface area contributed by atoms with E-state index in [9.17, 15) is 18.4 Å². The van der Waals surface area contributed by atoms with Crippen molar-refractivity contribution in [2.24, 2.45) is 5.92 Å². The van der Waals surface area contributed by atoms with Gasteiger partial charge in [0, 0.05) is 54.2 Å². The fraction of sp³-hybridized carbons (Fsp3) is 0.724. The Morgan fingerprint density at radius 2 is 1.77 bits per heavy atom. The van der Waals surface area contributed by atoms with E-state index in [1.165, 1.54) is 18.4 Å². The lowest BCUT2D eigenvalue weighted by Crippen LogP contribution is -2.45. The van der Waals surface area contributed by atoms with E-state index in [1.54, 1.807) is 6.07 Å². The van der Waals surface area contributed by atoms with Gasteiger partial charge in [-0.05, 0) is 64.0 Å². The lowest BCUT2D eigenvalue weighted by atomic mass is 9.86. The number of hydrogen-bond donors (Lipinski definition) is 1. The van der Waals surface area contributed by atoms with Gasteiger partial charge < -0.3 is 14.6 Å². The highest BCUT2D eigenvalue weighted by Gasteiger charge is 2.43. The fourth-order valence-electron chi connectivity index (χ4n) is 6.96. The smallest absolute Gasteiger partial charge is 0.348 e. The highest BCUT2D eigenvalue weighted by atomic mass is 32.1. The second-order valence-electron chi connectivity index (χ2n) is 12.1. The molecule has 4 atom stereocenters. The Morgan fingerprint density at radius 3 is 2.40 bits per heavy atom. The van der Waals surface area contributed by atoms with Gasteiger partial charge >= 0.3 is 5.97 Å². The Labute approximate surface area is 238 Å². The molecule has 220 valence electrons. The molecule has 1 saturated carbocycles. The molecule has 2 aromatic rings. The zero-order valence-corrected chi connectivity index (χ0v) is 24.7. The van der Waals surface area contributed by atoms with Crippen LogP contribution in [0.15, 0.2) is 12.1 Å². The number of halogens is 2. The topological polar surface area (TPSA) is 89.3 Å². The number of aryl methyl sites for hydroxylation is 1. The van der Waals surface area contributed by atoms with Gasteiger partial charge in [0.25, 0.3) is 0 Å². The minimum atomic E-state index is -2.67. The van der Waals surface area contributed by atoms with Gasteiger partial charge in [0.1, 0.15) is 16.5 Å². The third-order valence-corrected chi connectivity index (χ3v) is 10.2. The summed E-state index contributed by atoms with van der Waals surface area (Å²) in [7, 11) is 1.35. The van der Waals surface area contributed by atoms with Crippen molar-refractivity contribution < 1.29 is 23.1 Å². The molecule has 1 amide bonds. The average Bonchev–Trinajstić information content (AvgIpc) is 3.62. The fourth-order valence-corrected chi connectivity index (χ4v) is 7.97. The predicted octanol–water partition coefficient (Wildman–Crippen LogP) is 5.80. The number of methoxy groups -OCH3 is 1. The molecule has 1 aliphatic carbocycles. The van der Waals surface area contributed by atoms with Crippen LogP contribution >= 0.6 is 11.3 Å². The SMILES string of the molecule is COC(=O)c1ccc([C@H](CCN2[C@@H]3CC[C@H]2CC(n2c(C)nnc2C(C)C)C3)NC(=O)C2CCC(F)(F)CC2)s1. The van der Waals surface area contributed by atoms with Gasteiger partial charge in [-0.3, -0.25) is 9.69 Å². The van der Waals surface area contributed by atoms with Crippen molar-refractivity contribution in [1.29, 1.82) is 0 Å². The highest BCUT2D eigenvalue weighted by Crippen LogP contribution is 2.43. The van der Waals surface area contributed by atoms with Crippen molar-refractivity contribution in [3.8, 4) is 0 Å². The standard InChI is InChI=1S/C29H41F2N5O3S/c1-17(2)26-34-33-18(3)36(26)22-15-20-5-6-21(16-22)35(20)14-11-23(24-7-8-25(40-24)28(38)39-4)32-27(37)19-9-12-29(30,31)13-10-19/h7-8,17,19-23H,5-6,9-16H2,1-4H3,(H,32,37)/t20-,21+,22?,23-/m0/s1. The maximum Gasteiger partial charge on any atom is 0.348 e. The minimum absolute atomic E-state index is 0.167. The Balaban J connectivity index is 1.27. The van der Waals surface area contributed by atoms with Crippen LogP contribution in [0.4, 0.5) is 8.78 Å². The Morgan fingerprint density at radius 1 is 1.10 bits per heavy atom. The van der Waals surface area contributed by atoms with Crippen LogP contribution in [0.25, 0.3) is 0 Å². The number of nitrogens with zero attached hydrogens (tertiary/aromatic N) is 4. The monoisotopic (exact) mass is 577 g/mol. The van der Waals surface area contributed by atoms with E-state index in [0.29, 0.717) is 35.3 Å². The van der Waals surface area contributed by atoms with Crippen LogP contribution in [0, 0.1) is 12.8 Å². The molecule has 2 bridgehead atoms. The van der Waals surface area contributed by atoms with Gasteiger partial charge in [-0.25, -0.2) is 13.6 Å². The van der Waals surface area contributed by atoms with E-state index in [2.05, 4.69) is 38.8 Å². The molecule has 11 heteroatoms. The second kappa shape index (κ2) is 11.8. The van der Waals surface area contributed by atoms with Crippen molar-refractivity contribution in [2.45, 2.75) is 115 Å². The van der Waals surface area contributed by atoms with E-state index in [1.807, 2.05) is 13.0 Å². The summed E-state index contributed by atoms with van der Waals surface area (Å²) in [5.41, 5.74) is 0. The minimum Gasteiger partial charge on any atom is -0.465 e. The number of carbonyl (C=O) groups excluding carboxylic acids is 2. The van der Waals surface area contributed by atoms with Crippen LogP contribution in [0.3, 0.4) is 0 Å². The number of fused-ring (bicyclic) bond motifs is 2. The summed E-state index contributed by atoms with van der Waals surface area (Å²) in [6.07, 6.45) is 4.99. The Hall–Kier alpha value is -2.40. The van der Waals surface area contributed by atoms with Crippen molar-refractivity contribution >= 4 is 23.2 Å². The Bertz CT molecular complexity index is 1190. The molecule has 2 aliphatic heterocycles. The maximum absolute atomic E-state index is 13.7. The molecule has 0 radical (unpaired) electrons. The summed E-state index contributed by atoms with van der Waals surface area (Å²) >= 11 is 1.33. The number of ether oxygens (including phenoxy) is 1. The lowest BCUT2D eigenvalue weighted by molar-refractivity contribution is -0.130. The first-order valence-corrected chi connectivity index (χ1v) is 15.4. The van der Waals surface area contributed by atoms with Crippen LogP contribution in [0.2, 0.25) is 0 Å². The van der Waals surface area contributed by atoms with Gasteiger partial charge in [-0.2, -0.15) is 0 Å². The summed E-state index contributed by atoms with van der Waals surface area (Å²) in [5, 5.41) is 12.0. The first-order valence-electron chi connectivity index (χ1n) is 14.6. The molecule has 1 N–H and O–H groups in total. The molecule has 3 aliphatic rings. The molecule has 0 spiro atoms. The number of amides is 1. The van der Waals surface area contributed by atoms with Gasteiger partial charge in [0.05, 0.1) is 13.2 Å². The number of nitrogens with one attached hydrogen (secondary N) is 1. The molecule has 2 saturated heterocycles. The molecule has 0 aromatic carbocycles. The normalized spacial score (nSPS) is 25.7. The molecular weight excluding hydrogens is 536 g/mol. The number of carbonyl (C=O) groups is 2. The zero-order valence-electron chi connectivity index (χ0n) is 23.9. The van der Waals surface area contributed by atoms with Gasteiger partial charge in [-0.15, -0.1) is 21.5 Å². The summed E-state index contributed by atoms with van der Waals surface area (Å²) in [4.78, 5) is 29.3. The van der Waals surface area contributed by atoms with Crippen molar-refractivity contribution in [3.63, 3.8) is 0 Å². The van der Waals surface area contributed by atoms with E-state index in [-0.39, 0.29) is 37.6 Å². The highest BCUT2D eigenvalue weighted by molar-refractivity contribution is 7.14. The van der Waals surface area contributed by atoms with Gasteiger partial charge in [-0.1, -0.05) is 13.8 Å². The number of rotatable bonds is 9. The van der Waals surface area contributed by atoms with E-state index in [4.69, 9.17) is 4.74 Å². The zero-order chi connectivity index (χ0) is 28.6. The van der Waals surface area contributed by atoms with E-state index < -0.39 is 17.8 Å². The van der Waals surface area contributed by atoms with Crippen LogP contribution in [-0.4, -0.2) is 63.2 Å². The van der Waals surface area contributed by atoms with Crippen LogP contribution in [0.1, 0.15) is 116 Å². The van der Waals surface area contributed by atoms with Crippen molar-refractivity contribution in [2.75, 3.05) is 13.7 Å². The van der Waals surface area contributed by atoms with Crippen LogP contribution in [0.5, 0.6) is 0 Å². The predicted molar refractivity (Wildman–Crippen MR) is 149 cm³/mol. The summed E-state index contributed by atoms with van der Waals surface area (Å²) in [6, 6.07) is 4.62. The first-order chi connectivity index (χ1) is 19.1. The summed E-state index contributed by atoms with van der Waals surface area (Å²) < 4.78 is 34.6. The van der Waals surface area contributed by atoms with Gasteiger partial charge in [0.15, 0.2) is 0 Å². The molecular formula is C29H41F2N5O3S. The lowest BCUT2D eigenvalue weighted by Gasteiger charge is -2.40. The van der Waals surface area contributed by atoms with Gasteiger partial charge in [0.2, 0.25) is 11.8 Å². The third-order valence-electron chi connectivity index (χ3n) is 9.07. The summed E-state index contributed by atoms with van der Waals surface area (Å²) in [5.74, 6) is -1.30. The molecule has 40 heavy (non-hydrogen) atoms. The number of hydrogen-bond acceptors (Lipinski definition) is 7. The first kappa shape index (κ1) is 29.1. The number of thiophene rings is 1. The molecule has 2 aromatic heterocycles. The van der Waals surface area contributed by atoms with Crippen molar-refractivity contribution in [1.82, 2.24) is 25.0 Å². The molecule has 4 heterocycles.